The second-order valence-electron chi connectivity index (χ2n) is 5.50. The van der Waals surface area contributed by atoms with E-state index in [-0.39, 0.29) is 0 Å². The lowest BCUT2D eigenvalue weighted by molar-refractivity contribution is 0.202. The predicted octanol–water partition coefficient (Wildman–Crippen LogP) is 2.98. The Hall–Kier alpha value is 0.270. The third kappa shape index (κ3) is 6.12. The van der Waals surface area contributed by atoms with Crippen LogP contribution in [0.4, 0.5) is 0 Å². The Bertz CT molecular complexity index is 197. The van der Waals surface area contributed by atoms with Crippen LogP contribution < -0.4 is 5.32 Å². The first-order valence-electron chi connectivity index (χ1n) is 7.22. The van der Waals surface area contributed by atoms with Gasteiger partial charge in [-0.05, 0) is 32.7 Å². The van der Waals surface area contributed by atoms with Crippen molar-refractivity contribution in [1.29, 1.82) is 0 Å². The summed E-state index contributed by atoms with van der Waals surface area (Å²) in [7, 11) is 0. The summed E-state index contributed by atoms with van der Waals surface area (Å²) in [5.74, 6) is 1.33. The lowest BCUT2D eigenvalue weighted by Crippen LogP contribution is -2.43. The summed E-state index contributed by atoms with van der Waals surface area (Å²) in [5, 5.41) is 4.38. The van der Waals surface area contributed by atoms with E-state index in [1.807, 2.05) is 0 Å². The molecule has 1 heterocycles. The molecule has 1 N–H and O–H groups in total. The maximum atomic E-state index is 3.50. The van der Waals surface area contributed by atoms with Gasteiger partial charge in [-0.25, -0.2) is 0 Å². The average Bonchev–Trinajstić information content (AvgIpc) is 2.34. The molecule has 0 amide bonds. The van der Waals surface area contributed by atoms with Crippen LogP contribution in [0.3, 0.4) is 0 Å². The van der Waals surface area contributed by atoms with Crippen LogP contribution in [0, 0.1) is 0 Å². The van der Waals surface area contributed by atoms with Gasteiger partial charge in [0.15, 0.2) is 0 Å². The van der Waals surface area contributed by atoms with E-state index in [1.54, 1.807) is 0 Å². The van der Waals surface area contributed by atoms with Crippen molar-refractivity contribution in [2.75, 3.05) is 25.4 Å². The minimum atomic E-state index is 0.626. The van der Waals surface area contributed by atoms with Gasteiger partial charge < -0.3 is 5.32 Å². The first-order valence-corrected chi connectivity index (χ1v) is 8.27. The fourth-order valence-corrected chi connectivity index (χ4v) is 3.57. The molecule has 1 rings (SSSR count). The van der Waals surface area contributed by atoms with Crippen LogP contribution in [0.1, 0.15) is 47.0 Å². The Balaban J connectivity index is 2.15. The van der Waals surface area contributed by atoms with Crippen LogP contribution in [0.5, 0.6) is 0 Å². The molecule has 0 radical (unpaired) electrons. The van der Waals surface area contributed by atoms with Crippen LogP contribution >= 0.6 is 11.8 Å². The minimum absolute atomic E-state index is 0.626. The van der Waals surface area contributed by atoms with E-state index in [4.69, 9.17) is 0 Å². The van der Waals surface area contributed by atoms with Crippen molar-refractivity contribution in [2.24, 2.45) is 0 Å². The SMILES string of the molecule is CCC1CN(C(C)CCCNC(C)C)CCS1. The van der Waals surface area contributed by atoms with Gasteiger partial charge in [-0.3, -0.25) is 4.90 Å². The third-order valence-electron chi connectivity index (χ3n) is 3.60. The van der Waals surface area contributed by atoms with Crippen LogP contribution in [-0.4, -0.2) is 47.6 Å². The van der Waals surface area contributed by atoms with Crippen molar-refractivity contribution in [2.45, 2.75) is 64.3 Å². The summed E-state index contributed by atoms with van der Waals surface area (Å²) >= 11 is 2.16. The molecule has 1 fully saturated rings. The van der Waals surface area contributed by atoms with E-state index in [2.05, 4.69) is 49.7 Å². The molecule has 2 atom stereocenters. The zero-order valence-electron chi connectivity index (χ0n) is 12.0. The van der Waals surface area contributed by atoms with E-state index in [9.17, 15) is 0 Å². The molecule has 102 valence electrons. The largest absolute Gasteiger partial charge is 0.315 e. The molecule has 17 heavy (non-hydrogen) atoms. The summed E-state index contributed by atoms with van der Waals surface area (Å²) in [4.78, 5) is 2.69. The number of hydrogen-bond acceptors (Lipinski definition) is 3. The van der Waals surface area contributed by atoms with Gasteiger partial charge in [-0.2, -0.15) is 11.8 Å². The van der Waals surface area contributed by atoms with Gasteiger partial charge in [0.05, 0.1) is 0 Å². The first kappa shape index (κ1) is 15.3. The smallest absolute Gasteiger partial charge is 0.0172 e. The molecule has 2 nitrogen and oxygen atoms in total. The molecule has 0 aromatic rings. The average molecular weight is 258 g/mol. The number of thioether (sulfide) groups is 1. The van der Waals surface area contributed by atoms with E-state index < -0.39 is 0 Å². The van der Waals surface area contributed by atoms with E-state index in [1.165, 1.54) is 44.6 Å². The second kappa shape index (κ2) is 8.39. The maximum absolute atomic E-state index is 3.50. The third-order valence-corrected chi connectivity index (χ3v) is 4.97. The lowest BCUT2D eigenvalue weighted by Gasteiger charge is -2.36. The number of nitrogens with one attached hydrogen (secondary N) is 1. The van der Waals surface area contributed by atoms with Crippen molar-refractivity contribution in [3.8, 4) is 0 Å². The summed E-state index contributed by atoms with van der Waals surface area (Å²) in [6.07, 6.45) is 3.96. The summed E-state index contributed by atoms with van der Waals surface area (Å²) in [6.45, 7) is 12.9. The van der Waals surface area contributed by atoms with Crippen molar-refractivity contribution < 1.29 is 0 Å². The summed E-state index contributed by atoms with van der Waals surface area (Å²) < 4.78 is 0. The lowest BCUT2D eigenvalue weighted by atomic mass is 10.1. The molecule has 2 unspecified atom stereocenters. The standard InChI is InChI=1S/C14H30N2S/c1-5-14-11-16(9-10-17-14)13(4)7-6-8-15-12(2)3/h12-15H,5-11H2,1-4H3. The van der Waals surface area contributed by atoms with Crippen molar-refractivity contribution in [1.82, 2.24) is 10.2 Å². The first-order chi connectivity index (χ1) is 8.13. The molecule has 0 bridgehead atoms. The highest BCUT2D eigenvalue weighted by molar-refractivity contribution is 8.00. The molecule has 1 saturated heterocycles. The number of hydrogen-bond donors (Lipinski definition) is 1. The van der Waals surface area contributed by atoms with Gasteiger partial charge in [-0.15, -0.1) is 0 Å². The molecule has 3 heteroatoms. The van der Waals surface area contributed by atoms with Crippen LogP contribution in [0.25, 0.3) is 0 Å². The molecule has 1 aliphatic heterocycles. The van der Waals surface area contributed by atoms with Gasteiger partial charge >= 0.3 is 0 Å². The van der Waals surface area contributed by atoms with E-state index >= 15 is 0 Å². The molecular formula is C14H30N2S. The van der Waals surface area contributed by atoms with Gasteiger partial charge in [-0.1, -0.05) is 20.8 Å². The van der Waals surface area contributed by atoms with Crippen LogP contribution in [0.15, 0.2) is 0 Å². The molecular weight excluding hydrogens is 228 g/mol. The van der Waals surface area contributed by atoms with Crippen molar-refractivity contribution >= 4 is 11.8 Å². The number of nitrogens with zero attached hydrogens (tertiary/aromatic N) is 1. The molecule has 0 aromatic heterocycles. The van der Waals surface area contributed by atoms with Gasteiger partial charge in [0.1, 0.15) is 0 Å². The van der Waals surface area contributed by atoms with Gasteiger partial charge in [0, 0.05) is 36.2 Å². The normalized spacial score (nSPS) is 24.2. The van der Waals surface area contributed by atoms with Crippen molar-refractivity contribution in [3.05, 3.63) is 0 Å². The van der Waals surface area contributed by atoms with E-state index in [0.717, 1.165) is 11.3 Å². The van der Waals surface area contributed by atoms with Gasteiger partial charge in [0.25, 0.3) is 0 Å². The second-order valence-corrected chi connectivity index (χ2v) is 6.90. The Morgan fingerprint density at radius 2 is 2.12 bits per heavy atom. The quantitative estimate of drug-likeness (QED) is 0.707. The van der Waals surface area contributed by atoms with Gasteiger partial charge in [0.2, 0.25) is 0 Å². The Morgan fingerprint density at radius 3 is 2.76 bits per heavy atom. The molecule has 0 saturated carbocycles. The Kier molecular flexibility index (Phi) is 7.56. The summed E-state index contributed by atoms with van der Waals surface area (Å²) in [5.41, 5.74) is 0. The topological polar surface area (TPSA) is 15.3 Å². The molecule has 0 spiro atoms. The highest BCUT2D eigenvalue weighted by Gasteiger charge is 2.22. The Morgan fingerprint density at radius 1 is 1.35 bits per heavy atom. The fraction of sp³-hybridized carbons (Fsp3) is 1.00. The van der Waals surface area contributed by atoms with Crippen LogP contribution in [0.2, 0.25) is 0 Å². The Labute approximate surface area is 112 Å². The zero-order chi connectivity index (χ0) is 12.7. The predicted molar refractivity (Wildman–Crippen MR) is 79.9 cm³/mol. The fourth-order valence-electron chi connectivity index (χ4n) is 2.36. The molecule has 1 aliphatic rings. The molecule has 0 aliphatic carbocycles. The highest BCUT2D eigenvalue weighted by Crippen LogP contribution is 2.23. The summed E-state index contributed by atoms with van der Waals surface area (Å²) in [6, 6.07) is 1.39. The highest BCUT2D eigenvalue weighted by atomic mass is 32.2. The monoisotopic (exact) mass is 258 g/mol. The molecule has 0 aromatic carbocycles. The zero-order valence-corrected chi connectivity index (χ0v) is 12.9. The number of rotatable bonds is 7. The van der Waals surface area contributed by atoms with Crippen molar-refractivity contribution in [3.63, 3.8) is 0 Å². The minimum Gasteiger partial charge on any atom is -0.315 e. The maximum Gasteiger partial charge on any atom is 0.0172 e. The van der Waals surface area contributed by atoms with Crippen LogP contribution in [-0.2, 0) is 0 Å². The van der Waals surface area contributed by atoms with E-state index in [0.29, 0.717) is 6.04 Å².